The topological polar surface area (TPSA) is 59.6 Å². The summed E-state index contributed by atoms with van der Waals surface area (Å²) < 4.78 is 10.4. The molecule has 118 valence electrons. The van der Waals surface area contributed by atoms with Crippen molar-refractivity contribution in [2.45, 2.75) is 32.9 Å². The van der Waals surface area contributed by atoms with Crippen LogP contribution in [0.3, 0.4) is 0 Å². The molecule has 1 amide bonds. The van der Waals surface area contributed by atoms with Gasteiger partial charge in [0.2, 0.25) is 0 Å². The summed E-state index contributed by atoms with van der Waals surface area (Å²) in [5.74, 6) is 0.745. The fraction of sp³-hybridized carbons (Fsp3) is 0.533. The van der Waals surface area contributed by atoms with Crippen molar-refractivity contribution in [3.63, 3.8) is 0 Å². The van der Waals surface area contributed by atoms with Gasteiger partial charge in [0, 0.05) is 30.2 Å². The van der Waals surface area contributed by atoms with E-state index in [0.29, 0.717) is 24.7 Å². The van der Waals surface area contributed by atoms with Gasteiger partial charge in [0.15, 0.2) is 0 Å². The van der Waals surface area contributed by atoms with Gasteiger partial charge in [-0.3, -0.25) is 0 Å². The standard InChI is InChI=1S/C15H23ClN2O3/c1-15(2,3)21-14(19)18-9-8-17-10-11-12(16)6-5-7-13(11)20-4/h5-7,17H,8-10H2,1-4H3,(H,18,19). The maximum absolute atomic E-state index is 11.4. The second-order valence-corrected chi connectivity index (χ2v) is 5.93. The maximum Gasteiger partial charge on any atom is 0.407 e. The number of carbonyl (C=O) groups is 1. The molecule has 0 saturated carbocycles. The van der Waals surface area contributed by atoms with Crippen molar-refractivity contribution in [1.82, 2.24) is 10.6 Å². The largest absolute Gasteiger partial charge is 0.496 e. The summed E-state index contributed by atoms with van der Waals surface area (Å²) in [6, 6.07) is 5.52. The SMILES string of the molecule is COc1cccc(Cl)c1CNCCNC(=O)OC(C)(C)C. The summed E-state index contributed by atoms with van der Waals surface area (Å²) in [5, 5.41) is 6.54. The Kier molecular flexibility index (Phi) is 6.78. The number of carbonyl (C=O) groups excluding carboxylic acids is 1. The first-order valence-corrected chi connectivity index (χ1v) is 7.20. The van der Waals surface area contributed by atoms with Crippen molar-refractivity contribution in [1.29, 1.82) is 0 Å². The van der Waals surface area contributed by atoms with Gasteiger partial charge < -0.3 is 20.1 Å². The lowest BCUT2D eigenvalue weighted by atomic mass is 10.2. The molecular formula is C15H23ClN2O3. The zero-order chi connectivity index (χ0) is 15.9. The number of rotatable bonds is 6. The number of amides is 1. The van der Waals surface area contributed by atoms with Gasteiger partial charge in [0.05, 0.1) is 7.11 Å². The number of nitrogens with one attached hydrogen (secondary N) is 2. The Bertz CT molecular complexity index is 472. The van der Waals surface area contributed by atoms with Crippen LogP contribution in [-0.4, -0.2) is 31.9 Å². The molecule has 2 N–H and O–H groups in total. The molecule has 0 bridgehead atoms. The molecule has 1 aromatic carbocycles. The van der Waals surface area contributed by atoms with Gasteiger partial charge in [0.1, 0.15) is 11.4 Å². The lowest BCUT2D eigenvalue weighted by Gasteiger charge is -2.19. The average molecular weight is 315 g/mol. The minimum Gasteiger partial charge on any atom is -0.496 e. The predicted molar refractivity (Wildman–Crippen MR) is 83.9 cm³/mol. The fourth-order valence-corrected chi connectivity index (χ4v) is 1.91. The van der Waals surface area contributed by atoms with Crippen molar-refractivity contribution in [2.24, 2.45) is 0 Å². The van der Waals surface area contributed by atoms with E-state index in [-0.39, 0.29) is 0 Å². The van der Waals surface area contributed by atoms with Gasteiger partial charge in [-0.1, -0.05) is 17.7 Å². The van der Waals surface area contributed by atoms with Gasteiger partial charge >= 0.3 is 6.09 Å². The quantitative estimate of drug-likeness (QED) is 0.793. The van der Waals surface area contributed by atoms with Crippen LogP contribution >= 0.6 is 11.6 Å². The van der Waals surface area contributed by atoms with Crippen molar-refractivity contribution < 1.29 is 14.3 Å². The first-order chi connectivity index (χ1) is 9.83. The van der Waals surface area contributed by atoms with E-state index in [4.69, 9.17) is 21.1 Å². The molecule has 1 aromatic rings. The molecule has 0 saturated heterocycles. The molecule has 21 heavy (non-hydrogen) atoms. The van der Waals surface area contributed by atoms with Crippen LogP contribution in [0.15, 0.2) is 18.2 Å². The van der Waals surface area contributed by atoms with Gasteiger partial charge in [-0.25, -0.2) is 4.79 Å². The van der Waals surface area contributed by atoms with Crippen LogP contribution in [0.25, 0.3) is 0 Å². The number of ether oxygens (including phenoxy) is 2. The highest BCUT2D eigenvalue weighted by atomic mass is 35.5. The zero-order valence-corrected chi connectivity index (χ0v) is 13.7. The third-order valence-corrected chi connectivity index (χ3v) is 2.92. The lowest BCUT2D eigenvalue weighted by molar-refractivity contribution is 0.0528. The van der Waals surface area contributed by atoms with Crippen LogP contribution in [0, 0.1) is 0 Å². The first kappa shape index (κ1) is 17.6. The highest BCUT2D eigenvalue weighted by molar-refractivity contribution is 6.31. The molecule has 0 aromatic heterocycles. The molecule has 0 heterocycles. The van der Waals surface area contributed by atoms with Gasteiger partial charge in [-0.05, 0) is 32.9 Å². The monoisotopic (exact) mass is 314 g/mol. The van der Waals surface area contributed by atoms with E-state index in [9.17, 15) is 4.79 Å². The molecule has 5 nitrogen and oxygen atoms in total. The molecule has 0 aliphatic heterocycles. The fourth-order valence-electron chi connectivity index (χ4n) is 1.68. The second-order valence-electron chi connectivity index (χ2n) is 5.53. The van der Waals surface area contributed by atoms with Crippen molar-refractivity contribution in [2.75, 3.05) is 20.2 Å². The third-order valence-electron chi connectivity index (χ3n) is 2.57. The lowest BCUT2D eigenvalue weighted by Crippen LogP contribution is -2.36. The van der Waals surface area contributed by atoms with Crippen LogP contribution in [0.5, 0.6) is 5.75 Å². The third kappa shape index (κ3) is 6.69. The van der Waals surface area contributed by atoms with E-state index in [2.05, 4.69) is 10.6 Å². The Morgan fingerprint density at radius 2 is 2.00 bits per heavy atom. The van der Waals surface area contributed by atoms with E-state index in [0.717, 1.165) is 11.3 Å². The highest BCUT2D eigenvalue weighted by Gasteiger charge is 2.15. The maximum atomic E-state index is 11.4. The summed E-state index contributed by atoms with van der Waals surface area (Å²) in [6.45, 7) is 7.13. The van der Waals surface area contributed by atoms with E-state index in [1.807, 2.05) is 39.0 Å². The van der Waals surface area contributed by atoms with Crippen LogP contribution < -0.4 is 15.4 Å². The Morgan fingerprint density at radius 3 is 2.62 bits per heavy atom. The van der Waals surface area contributed by atoms with E-state index in [1.165, 1.54) is 0 Å². The molecule has 0 unspecified atom stereocenters. The van der Waals surface area contributed by atoms with Crippen molar-refractivity contribution in [3.8, 4) is 5.75 Å². The highest BCUT2D eigenvalue weighted by Crippen LogP contribution is 2.25. The van der Waals surface area contributed by atoms with E-state index in [1.54, 1.807) is 7.11 Å². The molecule has 0 aliphatic carbocycles. The smallest absolute Gasteiger partial charge is 0.407 e. The summed E-state index contributed by atoms with van der Waals surface area (Å²) in [7, 11) is 1.61. The Balaban J connectivity index is 2.31. The van der Waals surface area contributed by atoms with E-state index < -0.39 is 11.7 Å². The zero-order valence-electron chi connectivity index (χ0n) is 13.0. The summed E-state index contributed by atoms with van der Waals surface area (Å²) in [5.41, 5.74) is 0.418. The molecule has 1 rings (SSSR count). The van der Waals surface area contributed by atoms with Gasteiger partial charge in [-0.15, -0.1) is 0 Å². The van der Waals surface area contributed by atoms with Crippen LogP contribution in [0.4, 0.5) is 4.79 Å². The van der Waals surface area contributed by atoms with Crippen molar-refractivity contribution in [3.05, 3.63) is 28.8 Å². The van der Waals surface area contributed by atoms with Crippen LogP contribution in [0.2, 0.25) is 5.02 Å². The van der Waals surface area contributed by atoms with Crippen LogP contribution in [0.1, 0.15) is 26.3 Å². The summed E-state index contributed by atoms with van der Waals surface area (Å²) in [6.07, 6.45) is -0.417. The normalized spacial score (nSPS) is 11.1. The number of hydrogen-bond acceptors (Lipinski definition) is 4. The number of halogens is 1. The van der Waals surface area contributed by atoms with Crippen LogP contribution in [-0.2, 0) is 11.3 Å². The second kappa shape index (κ2) is 8.10. The number of hydrogen-bond donors (Lipinski definition) is 2. The first-order valence-electron chi connectivity index (χ1n) is 6.82. The van der Waals surface area contributed by atoms with E-state index >= 15 is 0 Å². The molecule has 0 spiro atoms. The molecular weight excluding hydrogens is 292 g/mol. The number of benzene rings is 1. The summed E-state index contributed by atoms with van der Waals surface area (Å²) >= 11 is 6.13. The predicted octanol–water partition coefficient (Wildman–Crippen LogP) is 2.96. The number of methoxy groups -OCH3 is 1. The Morgan fingerprint density at radius 1 is 1.29 bits per heavy atom. The Labute approximate surface area is 131 Å². The van der Waals surface area contributed by atoms with Gasteiger partial charge in [-0.2, -0.15) is 0 Å². The molecule has 0 fully saturated rings. The molecule has 0 radical (unpaired) electrons. The minimum atomic E-state index is -0.484. The molecule has 0 aliphatic rings. The van der Waals surface area contributed by atoms with Gasteiger partial charge in [0.25, 0.3) is 0 Å². The Hall–Kier alpha value is -1.46. The molecule has 6 heteroatoms. The average Bonchev–Trinajstić information content (AvgIpc) is 2.37. The minimum absolute atomic E-state index is 0.417. The molecule has 0 atom stereocenters. The van der Waals surface area contributed by atoms with Crippen molar-refractivity contribution >= 4 is 17.7 Å². The summed E-state index contributed by atoms with van der Waals surface area (Å²) in [4.78, 5) is 11.4. The number of alkyl carbamates (subject to hydrolysis) is 1.